The summed E-state index contributed by atoms with van der Waals surface area (Å²) in [6, 6.07) is 13.1. The van der Waals surface area contributed by atoms with Crippen molar-refractivity contribution in [3.63, 3.8) is 0 Å². The minimum atomic E-state index is -1.14. The van der Waals surface area contributed by atoms with Crippen LogP contribution in [-0.2, 0) is 46.3 Å². The normalized spacial score (nSPS) is 14.2. The van der Waals surface area contributed by atoms with E-state index >= 15 is 0 Å². The molecule has 0 bridgehead atoms. The number of ether oxygens (including phenoxy) is 2. The molecule has 0 saturated carbocycles. The van der Waals surface area contributed by atoms with Crippen molar-refractivity contribution in [3.8, 4) is 0 Å². The van der Waals surface area contributed by atoms with E-state index in [1.54, 1.807) is 20.8 Å². The van der Waals surface area contributed by atoms with Crippen LogP contribution in [0, 0.1) is 17.8 Å². The molecule has 2 aromatic carbocycles. The number of hydrogen-bond donors (Lipinski definition) is 5. The molecule has 0 heterocycles. The Bertz CT molecular complexity index is 1540. The molecule has 0 aromatic heterocycles. The average Bonchev–Trinajstić information content (AvgIpc) is 3.09. The minimum absolute atomic E-state index is 0.0253. The third-order valence-corrected chi connectivity index (χ3v) is 8.40. The van der Waals surface area contributed by atoms with Crippen LogP contribution in [0.4, 0.5) is 4.79 Å². The number of methoxy groups -OCH3 is 1. The number of carbonyl (C=O) groups excluding carboxylic acids is 6. The highest BCUT2D eigenvalue weighted by atomic mass is 16.6. The van der Waals surface area contributed by atoms with E-state index in [1.165, 1.54) is 7.11 Å². The largest absolute Gasteiger partial charge is 0.467 e. The topological polar surface area (TPSA) is 181 Å². The lowest BCUT2D eigenvalue weighted by atomic mass is 9.98. The fourth-order valence-corrected chi connectivity index (χ4v) is 5.89. The summed E-state index contributed by atoms with van der Waals surface area (Å²) >= 11 is 0. The molecule has 0 fully saturated rings. The zero-order chi connectivity index (χ0) is 41.3. The van der Waals surface area contributed by atoms with Gasteiger partial charge in [0.15, 0.2) is 0 Å². The van der Waals surface area contributed by atoms with Crippen LogP contribution in [0.3, 0.4) is 0 Å². The van der Waals surface area contributed by atoms with Gasteiger partial charge in [0, 0.05) is 12.8 Å². The van der Waals surface area contributed by atoms with Gasteiger partial charge >= 0.3 is 12.1 Å². The van der Waals surface area contributed by atoms with E-state index in [9.17, 15) is 28.8 Å². The first-order valence-electron chi connectivity index (χ1n) is 19.1. The van der Waals surface area contributed by atoms with Gasteiger partial charge in [-0.25, -0.2) is 9.59 Å². The lowest BCUT2D eigenvalue weighted by molar-refractivity contribution is -0.145. The standard InChI is InChI=1S/C42H63N5O8/c1-26(2)21-31(43-38(50)33(23-28(5)6)47-41(53)55-42(7,8)9)36(48)45-34(24-29-17-13-11-14-18-29)39(51)44-32(22-27(3)4)37(49)46-35(40(52)54-10)25-30-19-15-12-16-20-30/h11-20,26-28,31-35H,21-25H2,1-10H3,(H,43,50)(H,44,51)(H,45,48)(H,46,49)(H,47,53)/t31-,32-,33-,34+,35-/m0/s1. The van der Waals surface area contributed by atoms with E-state index in [0.29, 0.717) is 6.42 Å². The highest BCUT2D eigenvalue weighted by molar-refractivity contribution is 5.96. The highest BCUT2D eigenvalue weighted by Gasteiger charge is 2.34. The Labute approximate surface area is 326 Å². The molecule has 0 aliphatic rings. The first-order chi connectivity index (χ1) is 25.8. The Kier molecular flexibility index (Phi) is 18.9. The van der Waals surface area contributed by atoms with Crippen LogP contribution in [0.25, 0.3) is 0 Å². The van der Waals surface area contributed by atoms with Crippen LogP contribution in [0.1, 0.15) is 92.7 Å². The number of nitrogens with one attached hydrogen (secondary N) is 5. The summed E-state index contributed by atoms with van der Waals surface area (Å²) in [5.74, 6) is -3.01. The molecular weight excluding hydrogens is 702 g/mol. The molecule has 0 aliphatic carbocycles. The maximum atomic E-state index is 14.1. The molecule has 55 heavy (non-hydrogen) atoms. The van der Waals surface area contributed by atoms with Gasteiger partial charge in [-0.2, -0.15) is 0 Å². The highest BCUT2D eigenvalue weighted by Crippen LogP contribution is 2.14. The van der Waals surface area contributed by atoms with Crippen LogP contribution in [0.15, 0.2) is 60.7 Å². The number of alkyl carbamates (subject to hydrolysis) is 1. The molecule has 13 heteroatoms. The van der Waals surface area contributed by atoms with Crippen molar-refractivity contribution >= 4 is 35.7 Å². The number of esters is 1. The minimum Gasteiger partial charge on any atom is -0.467 e. The zero-order valence-electron chi connectivity index (χ0n) is 34.2. The van der Waals surface area contributed by atoms with Crippen molar-refractivity contribution < 1.29 is 38.2 Å². The number of amides is 5. The predicted octanol–water partition coefficient (Wildman–Crippen LogP) is 4.62. The molecule has 0 radical (unpaired) electrons. The van der Waals surface area contributed by atoms with Gasteiger partial charge in [-0.05, 0) is 68.9 Å². The van der Waals surface area contributed by atoms with Gasteiger partial charge in [-0.15, -0.1) is 0 Å². The van der Waals surface area contributed by atoms with Gasteiger partial charge in [0.05, 0.1) is 7.11 Å². The maximum Gasteiger partial charge on any atom is 0.408 e. The van der Waals surface area contributed by atoms with Crippen molar-refractivity contribution in [3.05, 3.63) is 71.8 Å². The van der Waals surface area contributed by atoms with E-state index < -0.39 is 71.5 Å². The number of hydrogen-bond acceptors (Lipinski definition) is 8. The first-order valence-corrected chi connectivity index (χ1v) is 19.1. The van der Waals surface area contributed by atoms with E-state index in [0.717, 1.165) is 11.1 Å². The van der Waals surface area contributed by atoms with Crippen LogP contribution < -0.4 is 26.6 Å². The number of benzene rings is 2. The molecule has 5 atom stereocenters. The predicted molar refractivity (Wildman–Crippen MR) is 212 cm³/mol. The fraction of sp³-hybridized carbons (Fsp3) is 0.571. The summed E-state index contributed by atoms with van der Waals surface area (Å²) in [5, 5.41) is 13.9. The Morgan fingerprint density at radius 1 is 0.509 bits per heavy atom. The summed E-state index contributed by atoms with van der Waals surface area (Å²) in [4.78, 5) is 81.0. The molecule has 2 aromatic rings. The second-order valence-electron chi connectivity index (χ2n) is 16.2. The van der Waals surface area contributed by atoms with Gasteiger partial charge in [-0.1, -0.05) is 102 Å². The van der Waals surface area contributed by atoms with Crippen molar-refractivity contribution in [1.82, 2.24) is 26.6 Å². The Hall–Kier alpha value is -4.94. The van der Waals surface area contributed by atoms with E-state index in [1.807, 2.05) is 102 Å². The lowest BCUT2D eigenvalue weighted by Crippen LogP contribution is -2.59. The third-order valence-electron chi connectivity index (χ3n) is 8.40. The summed E-state index contributed by atoms with van der Waals surface area (Å²) in [5.41, 5.74) is 0.786. The van der Waals surface area contributed by atoms with Crippen molar-refractivity contribution in [2.45, 2.75) is 130 Å². The molecule has 0 spiro atoms. The molecule has 5 amide bonds. The van der Waals surface area contributed by atoms with Gasteiger partial charge in [0.2, 0.25) is 23.6 Å². The number of rotatable bonds is 20. The molecular formula is C42H63N5O8. The smallest absolute Gasteiger partial charge is 0.408 e. The zero-order valence-corrected chi connectivity index (χ0v) is 34.2. The molecule has 13 nitrogen and oxygen atoms in total. The quantitative estimate of drug-likeness (QED) is 0.121. The first kappa shape index (κ1) is 46.2. The van der Waals surface area contributed by atoms with Crippen molar-refractivity contribution in [1.29, 1.82) is 0 Å². The van der Waals surface area contributed by atoms with Crippen molar-refractivity contribution in [2.24, 2.45) is 17.8 Å². The summed E-state index contributed by atoms with van der Waals surface area (Å²) in [6.45, 7) is 16.6. The van der Waals surface area contributed by atoms with Crippen LogP contribution in [0.2, 0.25) is 0 Å². The fourth-order valence-electron chi connectivity index (χ4n) is 5.89. The van der Waals surface area contributed by atoms with Crippen LogP contribution in [-0.4, -0.2) is 78.6 Å². The van der Waals surface area contributed by atoms with E-state index in [-0.39, 0.29) is 43.4 Å². The molecule has 0 unspecified atom stereocenters. The Morgan fingerprint density at radius 2 is 0.836 bits per heavy atom. The van der Waals surface area contributed by atoms with Gasteiger partial charge < -0.3 is 36.1 Å². The monoisotopic (exact) mass is 765 g/mol. The molecule has 304 valence electrons. The van der Waals surface area contributed by atoms with Crippen molar-refractivity contribution in [2.75, 3.05) is 7.11 Å². The maximum absolute atomic E-state index is 14.1. The second kappa shape index (κ2) is 22.4. The van der Waals surface area contributed by atoms with E-state index in [4.69, 9.17) is 9.47 Å². The SMILES string of the molecule is COC(=O)[C@H](Cc1ccccc1)NC(=O)[C@H](CC(C)C)NC(=O)[C@@H](Cc1ccccc1)NC(=O)[C@H](CC(C)C)NC(=O)[C@H](CC(C)C)NC(=O)OC(C)(C)C. The Morgan fingerprint density at radius 3 is 1.20 bits per heavy atom. The second-order valence-corrected chi connectivity index (χ2v) is 16.2. The van der Waals surface area contributed by atoms with Gasteiger partial charge in [0.1, 0.15) is 35.8 Å². The third kappa shape index (κ3) is 17.8. The number of carbonyl (C=O) groups is 6. The van der Waals surface area contributed by atoms with Gasteiger partial charge in [-0.3, -0.25) is 19.2 Å². The molecule has 0 aliphatic heterocycles. The van der Waals surface area contributed by atoms with Crippen LogP contribution in [0.5, 0.6) is 0 Å². The lowest BCUT2D eigenvalue weighted by Gasteiger charge is -2.29. The molecule has 0 saturated heterocycles. The van der Waals surface area contributed by atoms with E-state index in [2.05, 4.69) is 26.6 Å². The Balaban J connectivity index is 2.37. The molecule has 5 N–H and O–H groups in total. The summed E-state index contributed by atoms with van der Waals surface area (Å²) in [7, 11) is 1.24. The summed E-state index contributed by atoms with van der Waals surface area (Å²) < 4.78 is 10.4. The molecule has 2 rings (SSSR count). The average molecular weight is 766 g/mol. The van der Waals surface area contributed by atoms with Gasteiger partial charge in [0.25, 0.3) is 0 Å². The summed E-state index contributed by atoms with van der Waals surface area (Å²) in [6.07, 6.45) is 0.301. The van der Waals surface area contributed by atoms with Crippen LogP contribution >= 0.6 is 0 Å².